The van der Waals surface area contributed by atoms with Crippen LogP contribution >= 0.6 is 27.5 Å². The highest BCUT2D eigenvalue weighted by molar-refractivity contribution is 9.10. The third-order valence-electron chi connectivity index (χ3n) is 2.65. The first kappa shape index (κ1) is 14.3. The predicted molar refractivity (Wildman–Crippen MR) is 81.5 cm³/mol. The van der Waals surface area contributed by atoms with Crippen LogP contribution in [0.25, 0.3) is 11.4 Å². The fraction of sp³-hybridized carbons (Fsp3) is 0.286. The van der Waals surface area contributed by atoms with Crippen molar-refractivity contribution < 1.29 is 0 Å². The molecule has 100 valence electrons. The molecule has 0 radical (unpaired) electrons. The quantitative estimate of drug-likeness (QED) is 0.915. The van der Waals surface area contributed by atoms with Gasteiger partial charge < -0.3 is 4.98 Å². The summed E-state index contributed by atoms with van der Waals surface area (Å²) in [6.45, 7) is 4.19. The van der Waals surface area contributed by atoms with Crippen LogP contribution in [0.3, 0.4) is 0 Å². The van der Waals surface area contributed by atoms with Gasteiger partial charge in [-0.3, -0.25) is 4.79 Å². The first-order valence-electron chi connectivity index (χ1n) is 6.02. The minimum atomic E-state index is -0.157. The maximum atomic E-state index is 11.9. The molecule has 1 heterocycles. The zero-order valence-electron chi connectivity index (χ0n) is 10.7. The molecule has 0 aliphatic heterocycles. The Morgan fingerprint density at radius 3 is 2.53 bits per heavy atom. The lowest BCUT2D eigenvalue weighted by molar-refractivity contribution is 0.631. The molecule has 0 aliphatic carbocycles. The van der Waals surface area contributed by atoms with Crippen molar-refractivity contribution in [3.05, 3.63) is 49.8 Å². The molecule has 0 unspecified atom stereocenters. The molecule has 3 nitrogen and oxygen atoms in total. The van der Waals surface area contributed by atoms with Crippen LogP contribution < -0.4 is 5.56 Å². The topological polar surface area (TPSA) is 45.8 Å². The van der Waals surface area contributed by atoms with Crippen LogP contribution in [0.2, 0.25) is 5.02 Å². The third kappa shape index (κ3) is 3.45. The van der Waals surface area contributed by atoms with Gasteiger partial charge in [0.15, 0.2) is 0 Å². The van der Waals surface area contributed by atoms with E-state index in [1.807, 2.05) is 12.1 Å². The normalized spacial score (nSPS) is 11.0. The molecule has 1 aromatic carbocycles. The molecule has 0 fully saturated rings. The van der Waals surface area contributed by atoms with Gasteiger partial charge in [-0.25, -0.2) is 4.98 Å². The van der Waals surface area contributed by atoms with Crippen molar-refractivity contribution in [1.29, 1.82) is 0 Å². The van der Waals surface area contributed by atoms with Crippen LogP contribution in [0.4, 0.5) is 0 Å². The summed E-state index contributed by atoms with van der Waals surface area (Å²) < 4.78 is 0.513. The van der Waals surface area contributed by atoms with E-state index in [1.54, 1.807) is 12.1 Å². The Bertz CT molecular complexity index is 635. The molecule has 2 rings (SSSR count). The Morgan fingerprint density at radius 1 is 1.32 bits per heavy atom. The molecule has 1 N–H and O–H groups in total. The summed E-state index contributed by atoms with van der Waals surface area (Å²) in [7, 11) is 0. The summed E-state index contributed by atoms with van der Waals surface area (Å²) in [6, 6.07) is 7.24. The van der Waals surface area contributed by atoms with Crippen LogP contribution in [-0.4, -0.2) is 9.97 Å². The number of benzene rings is 1. The second-order valence-corrected chi connectivity index (χ2v) is 6.01. The average Bonchev–Trinajstić information content (AvgIpc) is 2.35. The molecule has 19 heavy (non-hydrogen) atoms. The van der Waals surface area contributed by atoms with Gasteiger partial charge >= 0.3 is 0 Å². The van der Waals surface area contributed by atoms with Gasteiger partial charge in [-0.05, 0) is 52.5 Å². The van der Waals surface area contributed by atoms with E-state index in [0.29, 0.717) is 21.2 Å². The van der Waals surface area contributed by atoms with Gasteiger partial charge in [-0.1, -0.05) is 25.4 Å². The summed E-state index contributed by atoms with van der Waals surface area (Å²) in [5, 5.41) is 0.658. The SMILES string of the molecule is CC(C)Cc1nc(-c2ccc(Cl)cc2)[nH]c(=O)c1Br. The van der Waals surface area contributed by atoms with E-state index >= 15 is 0 Å². The first-order chi connectivity index (χ1) is 8.97. The van der Waals surface area contributed by atoms with E-state index < -0.39 is 0 Å². The average molecular weight is 342 g/mol. The fourth-order valence-electron chi connectivity index (χ4n) is 1.77. The smallest absolute Gasteiger partial charge is 0.265 e. The maximum Gasteiger partial charge on any atom is 0.265 e. The number of halogens is 2. The van der Waals surface area contributed by atoms with E-state index in [0.717, 1.165) is 17.7 Å². The molecule has 0 bridgehead atoms. The second kappa shape index (κ2) is 5.88. The predicted octanol–water partition coefficient (Wildman–Crippen LogP) is 4.05. The highest BCUT2D eigenvalue weighted by Crippen LogP contribution is 2.20. The molecular formula is C14H14BrClN2O. The number of hydrogen-bond acceptors (Lipinski definition) is 2. The Hall–Kier alpha value is -1.13. The van der Waals surface area contributed by atoms with Crippen molar-refractivity contribution in [2.45, 2.75) is 20.3 Å². The molecule has 5 heteroatoms. The summed E-state index contributed by atoms with van der Waals surface area (Å²) in [6.07, 6.45) is 0.755. The lowest BCUT2D eigenvalue weighted by Gasteiger charge is -2.08. The van der Waals surface area contributed by atoms with Crippen LogP contribution in [0.1, 0.15) is 19.5 Å². The summed E-state index contributed by atoms with van der Waals surface area (Å²) in [4.78, 5) is 19.2. The Kier molecular flexibility index (Phi) is 4.42. The molecule has 0 amide bonds. The Labute approximate surface area is 125 Å². The molecule has 0 aliphatic rings. The maximum absolute atomic E-state index is 11.9. The molecule has 0 atom stereocenters. The minimum Gasteiger partial charge on any atom is -0.306 e. The number of aromatic amines is 1. The monoisotopic (exact) mass is 340 g/mol. The fourth-order valence-corrected chi connectivity index (χ4v) is 2.25. The first-order valence-corrected chi connectivity index (χ1v) is 7.19. The van der Waals surface area contributed by atoms with Crippen molar-refractivity contribution in [3.8, 4) is 11.4 Å². The zero-order chi connectivity index (χ0) is 14.0. The van der Waals surface area contributed by atoms with Gasteiger partial charge in [0, 0.05) is 10.6 Å². The molecule has 0 saturated heterocycles. The Balaban J connectivity index is 2.50. The number of hydrogen-bond donors (Lipinski definition) is 1. The van der Waals surface area contributed by atoms with Crippen molar-refractivity contribution in [2.24, 2.45) is 5.92 Å². The van der Waals surface area contributed by atoms with Gasteiger partial charge in [0.05, 0.1) is 5.69 Å². The van der Waals surface area contributed by atoms with Crippen molar-refractivity contribution in [2.75, 3.05) is 0 Å². The second-order valence-electron chi connectivity index (χ2n) is 4.78. The number of rotatable bonds is 3. The number of nitrogens with zero attached hydrogens (tertiary/aromatic N) is 1. The summed E-state index contributed by atoms with van der Waals surface area (Å²) in [5.41, 5.74) is 1.47. The number of H-pyrrole nitrogens is 1. The lowest BCUT2D eigenvalue weighted by atomic mass is 10.1. The molecule has 1 aromatic heterocycles. The van der Waals surface area contributed by atoms with Crippen LogP contribution in [0.5, 0.6) is 0 Å². The van der Waals surface area contributed by atoms with E-state index in [1.165, 1.54) is 0 Å². The van der Waals surface area contributed by atoms with Crippen LogP contribution in [0.15, 0.2) is 33.5 Å². The summed E-state index contributed by atoms with van der Waals surface area (Å²) in [5.74, 6) is 1.00. The van der Waals surface area contributed by atoms with Gasteiger partial charge in [-0.2, -0.15) is 0 Å². The van der Waals surface area contributed by atoms with Crippen LogP contribution in [0, 0.1) is 5.92 Å². The van der Waals surface area contributed by atoms with E-state index in [2.05, 4.69) is 39.7 Å². The number of aromatic nitrogens is 2. The summed E-state index contributed by atoms with van der Waals surface area (Å²) >= 11 is 9.16. The van der Waals surface area contributed by atoms with E-state index in [4.69, 9.17) is 11.6 Å². The Morgan fingerprint density at radius 2 is 1.95 bits per heavy atom. The molecule has 0 spiro atoms. The highest BCUT2D eigenvalue weighted by Gasteiger charge is 2.11. The van der Waals surface area contributed by atoms with Crippen molar-refractivity contribution in [1.82, 2.24) is 9.97 Å². The van der Waals surface area contributed by atoms with Gasteiger partial charge in [-0.15, -0.1) is 0 Å². The third-order valence-corrected chi connectivity index (χ3v) is 3.72. The van der Waals surface area contributed by atoms with Crippen molar-refractivity contribution >= 4 is 27.5 Å². The standard InChI is InChI=1S/C14H14BrClN2O/c1-8(2)7-11-12(15)14(19)18-13(17-11)9-3-5-10(16)6-4-9/h3-6,8H,7H2,1-2H3,(H,17,18,19). The van der Waals surface area contributed by atoms with E-state index in [9.17, 15) is 4.79 Å². The lowest BCUT2D eigenvalue weighted by Crippen LogP contribution is -2.14. The van der Waals surface area contributed by atoms with Gasteiger partial charge in [0.2, 0.25) is 0 Å². The van der Waals surface area contributed by atoms with Gasteiger partial charge in [0.25, 0.3) is 5.56 Å². The number of nitrogens with one attached hydrogen (secondary N) is 1. The van der Waals surface area contributed by atoms with Gasteiger partial charge in [0.1, 0.15) is 10.3 Å². The zero-order valence-corrected chi connectivity index (χ0v) is 13.0. The van der Waals surface area contributed by atoms with Crippen LogP contribution in [-0.2, 0) is 6.42 Å². The molecule has 0 saturated carbocycles. The molecular weight excluding hydrogens is 328 g/mol. The molecule has 2 aromatic rings. The van der Waals surface area contributed by atoms with Crippen molar-refractivity contribution in [3.63, 3.8) is 0 Å². The minimum absolute atomic E-state index is 0.157. The van der Waals surface area contributed by atoms with E-state index in [-0.39, 0.29) is 5.56 Å². The highest BCUT2D eigenvalue weighted by atomic mass is 79.9. The largest absolute Gasteiger partial charge is 0.306 e.